The van der Waals surface area contributed by atoms with Crippen LogP contribution in [0.4, 0.5) is 0 Å². The first-order valence-corrected chi connectivity index (χ1v) is 6.51. The summed E-state index contributed by atoms with van der Waals surface area (Å²) < 4.78 is 4.29. The first-order valence-electron chi connectivity index (χ1n) is 6.51. The van der Waals surface area contributed by atoms with Crippen LogP contribution in [0.25, 0.3) is 32.4 Å². The van der Waals surface area contributed by atoms with Gasteiger partial charge in [0.25, 0.3) is 0 Å². The molecular weight excluding hydrogens is 232 g/mol. The molecule has 0 aliphatic rings. The van der Waals surface area contributed by atoms with Crippen molar-refractivity contribution in [2.45, 2.75) is 0 Å². The van der Waals surface area contributed by atoms with Gasteiger partial charge in [0.1, 0.15) is 5.52 Å². The van der Waals surface area contributed by atoms with E-state index < -0.39 is 0 Å². The number of fused-ring (bicyclic) bond motifs is 4. The molecule has 3 aromatic carbocycles. The van der Waals surface area contributed by atoms with Crippen LogP contribution in [0.2, 0.25) is 0 Å². The molecular formula is C17H15N2+. The first-order chi connectivity index (χ1) is 9.24. The Balaban J connectivity index is 2.27. The lowest BCUT2D eigenvalue weighted by molar-refractivity contribution is -0.748. The number of aryl methyl sites for hydroxylation is 2. The van der Waals surface area contributed by atoms with Gasteiger partial charge in [-0.3, -0.25) is 0 Å². The average Bonchev–Trinajstić information content (AvgIpc) is 2.72. The molecule has 1 aromatic heterocycles. The molecule has 0 saturated heterocycles. The lowest BCUT2D eigenvalue weighted by Crippen LogP contribution is -2.35. The second kappa shape index (κ2) is 3.58. The molecule has 0 N–H and O–H groups in total. The molecule has 0 spiro atoms. The lowest BCUT2D eigenvalue weighted by Gasteiger charge is -2.03. The number of aromatic nitrogens is 2. The van der Waals surface area contributed by atoms with Crippen LogP contribution in [0.15, 0.2) is 54.7 Å². The van der Waals surface area contributed by atoms with E-state index in [9.17, 15) is 0 Å². The summed E-state index contributed by atoms with van der Waals surface area (Å²) in [7, 11) is 4.17. The minimum atomic E-state index is 1.27. The van der Waals surface area contributed by atoms with Gasteiger partial charge in [-0.15, -0.1) is 4.68 Å². The highest BCUT2D eigenvalue weighted by Gasteiger charge is 2.10. The van der Waals surface area contributed by atoms with Gasteiger partial charge in [-0.05, 0) is 33.7 Å². The summed E-state index contributed by atoms with van der Waals surface area (Å²) in [4.78, 5) is 0. The van der Waals surface area contributed by atoms with Crippen LogP contribution < -0.4 is 4.68 Å². The van der Waals surface area contributed by atoms with E-state index in [-0.39, 0.29) is 0 Å². The Hall–Kier alpha value is -2.35. The molecule has 0 amide bonds. The van der Waals surface area contributed by atoms with Gasteiger partial charge in [0, 0.05) is 0 Å². The van der Waals surface area contributed by atoms with Gasteiger partial charge in [0.15, 0.2) is 7.05 Å². The molecule has 0 bridgehead atoms. The molecule has 0 radical (unpaired) electrons. The van der Waals surface area contributed by atoms with Crippen molar-refractivity contribution in [3.63, 3.8) is 0 Å². The molecule has 92 valence electrons. The van der Waals surface area contributed by atoms with Crippen molar-refractivity contribution >= 4 is 32.4 Å². The van der Waals surface area contributed by atoms with Crippen LogP contribution in [0, 0.1) is 0 Å². The van der Waals surface area contributed by atoms with Crippen molar-refractivity contribution < 1.29 is 4.68 Å². The van der Waals surface area contributed by atoms with Crippen molar-refractivity contribution in [3.05, 3.63) is 54.7 Å². The molecule has 0 saturated carbocycles. The van der Waals surface area contributed by atoms with Gasteiger partial charge in [-0.25, -0.2) is 0 Å². The Kier molecular flexibility index (Phi) is 1.99. The zero-order valence-electron chi connectivity index (χ0n) is 11.1. The maximum absolute atomic E-state index is 2.30. The van der Waals surface area contributed by atoms with Gasteiger partial charge < -0.3 is 0 Å². The Morgan fingerprint density at radius 1 is 0.842 bits per heavy atom. The average molecular weight is 247 g/mol. The smallest absolute Gasteiger partial charge is 0.156 e. The summed E-state index contributed by atoms with van der Waals surface area (Å²) >= 11 is 0. The summed E-state index contributed by atoms with van der Waals surface area (Å²) in [6.45, 7) is 0. The molecule has 0 fully saturated rings. The Bertz CT molecular complexity index is 932. The quantitative estimate of drug-likeness (QED) is 0.333. The predicted octanol–water partition coefficient (Wildman–Crippen LogP) is 3.31. The van der Waals surface area contributed by atoms with Gasteiger partial charge in [0.05, 0.1) is 12.4 Å². The Morgan fingerprint density at radius 3 is 2.53 bits per heavy atom. The van der Waals surface area contributed by atoms with Gasteiger partial charge in [-0.1, -0.05) is 36.4 Å². The highest BCUT2D eigenvalue weighted by molar-refractivity contribution is 6.11. The molecule has 4 rings (SSSR count). The van der Waals surface area contributed by atoms with Crippen LogP contribution in [0.5, 0.6) is 0 Å². The molecule has 19 heavy (non-hydrogen) atoms. The van der Waals surface area contributed by atoms with Crippen molar-refractivity contribution in [3.8, 4) is 0 Å². The number of hydrogen-bond donors (Lipinski definition) is 0. The topological polar surface area (TPSA) is 8.81 Å². The van der Waals surface area contributed by atoms with Crippen molar-refractivity contribution in [1.82, 2.24) is 4.68 Å². The van der Waals surface area contributed by atoms with Gasteiger partial charge in [-0.2, -0.15) is 4.68 Å². The second-order valence-corrected chi connectivity index (χ2v) is 5.15. The van der Waals surface area contributed by atoms with Crippen LogP contribution in [0.3, 0.4) is 0 Å². The third-order valence-electron chi connectivity index (χ3n) is 4.04. The predicted molar refractivity (Wildman–Crippen MR) is 79.1 cm³/mol. The van der Waals surface area contributed by atoms with E-state index in [1.165, 1.54) is 32.4 Å². The van der Waals surface area contributed by atoms with E-state index in [2.05, 4.69) is 78.2 Å². The zero-order chi connectivity index (χ0) is 13.0. The maximum atomic E-state index is 2.30. The molecule has 1 heterocycles. The number of rotatable bonds is 0. The van der Waals surface area contributed by atoms with Gasteiger partial charge in [0.2, 0.25) is 6.20 Å². The summed E-state index contributed by atoms with van der Waals surface area (Å²) in [6.07, 6.45) is 2.17. The maximum Gasteiger partial charge on any atom is 0.203 e. The molecule has 0 unspecified atom stereocenters. The Labute approximate surface area is 111 Å². The SMILES string of the molecule is Cn1c2cc3c(ccc4ccccc43)cc2c[n+]1C. The monoisotopic (exact) mass is 247 g/mol. The molecule has 0 aliphatic carbocycles. The summed E-state index contributed by atoms with van der Waals surface area (Å²) in [5, 5.41) is 6.54. The second-order valence-electron chi connectivity index (χ2n) is 5.15. The van der Waals surface area contributed by atoms with E-state index in [0.29, 0.717) is 0 Å². The van der Waals surface area contributed by atoms with Crippen LogP contribution >= 0.6 is 0 Å². The standard InChI is InChI=1S/C17H15N2/c1-18-11-14-9-13-8-7-12-5-3-4-6-15(12)16(13)10-17(14)19(18)2/h3-11H,1-2H3/q+1. The highest BCUT2D eigenvalue weighted by Crippen LogP contribution is 2.28. The third-order valence-corrected chi connectivity index (χ3v) is 4.04. The van der Waals surface area contributed by atoms with Crippen molar-refractivity contribution in [1.29, 1.82) is 0 Å². The fourth-order valence-corrected chi connectivity index (χ4v) is 2.90. The minimum absolute atomic E-state index is 1.27. The van der Waals surface area contributed by atoms with Crippen LogP contribution in [0.1, 0.15) is 0 Å². The molecule has 2 nitrogen and oxygen atoms in total. The number of nitrogens with zero attached hydrogens (tertiary/aromatic N) is 2. The summed E-state index contributed by atoms with van der Waals surface area (Å²) in [5.41, 5.74) is 1.27. The number of hydrogen-bond acceptors (Lipinski definition) is 0. The van der Waals surface area contributed by atoms with Gasteiger partial charge >= 0.3 is 0 Å². The molecule has 0 aliphatic heterocycles. The first kappa shape index (κ1) is 10.6. The fourth-order valence-electron chi connectivity index (χ4n) is 2.90. The fraction of sp³-hybridized carbons (Fsp3) is 0.118. The van der Waals surface area contributed by atoms with Crippen molar-refractivity contribution in [2.24, 2.45) is 14.1 Å². The highest BCUT2D eigenvalue weighted by atomic mass is 15.4. The molecule has 0 atom stereocenters. The van der Waals surface area contributed by atoms with Crippen molar-refractivity contribution in [2.75, 3.05) is 0 Å². The van der Waals surface area contributed by atoms with Crippen LogP contribution in [-0.4, -0.2) is 4.68 Å². The molecule has 2 heteroatoms. The van der Waals surface area contributed by atoms with E-state index in [1.807, 2.05) is 0 Å². The van der Waals surface area contributed by atoms with Crippen LogP contribution in [-0.2, 0) is 14.1 Å². The van der Waals surface area contributed by atoms with E-state index in [0.717, 1.165) is 0 Å². The minimum Gasteiger partial charge on any atom is -0.156 e. The summed E-state index contributed by atoms with van der Waals surface area (Å²) in [6, 6.07) is 17.6. The zero-order valence-corrected chi connectivity index (χ0v) is 11.1. The number of benzene rings is 3. The van der Waals surface area contributed by atoms with E-state index in [4.69, 9.17) is 0 Å². The van der Waals surface area contributed by atoms with E-state index in [1.54, 1.807) is 0 Å². The third kappa shape index (κ3) is 1.40. The van der Waals surface area contributed by atoms with E-state index >= 15 is 0 Å². The lowest BCUT2D eigenvalue weighted by atomic mass is 10.0. The Morgan fingerprint density at radius 2 is 1.63 bits per heavy atom. The molecule has 4 aromatic rings. The summed E-state index contributed by atoms with van der Waals surface area (Å²) in [5.74, 6) is 0. The normalized spacial score (nSPS) is 11.7. The largest absolute Gasteiger partial charge is 0.203 e.